The summed E-state index contributed by atoms with van der Waals surface area (Å²) in [6.45, 7) is 0.323. The largest absolute Gasteiger partial charge is 0.395 e. The van der Waals surface area contributed by atoms with Gasteiger partial charge in [-0.3, -0.25) is 0 Å². The number of aliphatic hydroxyl groups excluding tert-OH is 1. The second-order valence-corrected chi connectivity index (χ2v) is 3.23. The smallest absolute Gasteiger partial charge is 0.0584 e. The molecule has 2 aliphatic rings. The van der Waals surface area contributed by atoms with Crippen LogP contribution in [0.25, 0.3) is 0 Å². The van der Waals surface area contributed by atoms with Crippen LogP contribution in [0.5, 0.6) is 0 Å². The molecule has 2 heteroatoms. The third kappa shape index (κ3) is 0.970. The average Bonchev–Trinajstić information content (AvgIpc) is 2.64. The van der Waals surface area contributed by atoms with Crippen LogP contribution in [-0.4, -0.2) is 23.8 Å². The van der Waals surface area contributed by atoms with E-state index in [2.05, 4.69) is 5.32 Å². The molecule has 1 saturated carbocycles. The molecule has 0 radical (unpaired) electrons. The Labute approximate surface area is 55.3 Å². The molecule has 1 aliphatic carbocycles. The van der Waals surface area contributed by atoms with Gasteiger partial charge in [0.05, 0.1) is 6.61 Å². The Kier molecular flexibility index (Phi) is 1.24. The van der Waals surface area contributed by atoms with E-state index in [4.69, 9.17) is 5.11 Å². The molecule has 9 heavy (non-hydrogen) atoms. The molecule has 0 bridgehead atoms. The molecule has 52 valence electrons. The summed E-state index contributed by atoms with van der Waals surface area (Å²) in [4.78, 5) is 0. The number of hydrogen-bond donors (Lipinski definition) is 2. The first-order chi connectivity index (χ1) is 4.40. The van der Waals surface area contributed by atoms with Gasteiger partial charge in [0.25, 0.3) is 0 Å². The minimum atomic E-state index is 0.323. The molecule has 3 atom stereocenters. The first-order valence-electron chi connectivity index (χ1n) is 3.77. The summed E-state index contributed by atoms with van der Waals surface area (Å²) in [5.41, 5.74) is 0. The molecule has 0 amide bonds. The van der Waals surface area contributed by atoms with Gasteiger partial charge in [0.1, 0.15) is 0 Å². The number of rotatable bonds is 1. The van der Waals surface area contributed by atoms with E-state index < -0.39 is 0 Å². The van der Waals surface area contributed by atoms with E-state index >= 15 is 0 Å². The van der Waals surface area contributed by atoms with Gasteiger partial charge in [-0.25, -0.2) is 0 Å². The molecule has 2 nitrogen and oxygen atoms in total. The summed E-state index contributed by atoms with van der Waals surface area (Å²) in [6.07, 6.45) is 3.87. The van der Waals surface area contributed by atoms with Crippen LogP contribution >= 0.6 is 0 Å². The second kappa shape index (κ2) is 1.96. The van der Waals surface area contributed by atoms with Crippen molar-refractivity contribution >= 4 is 0 Å². The highest BCUT2D eigenvalue weighted by Crippen LogP contribution is 2.38. The first kappa shape index (κ1) is 5.69. The molecular formula is C7H13NO. The van der Waals surface area contributed by atoms with E-state index in [1.165, 1.54) is 19.3 Å². The van der Waals surface area contributed by atoms with Gasteiger partial charge in [-0.15, -0.1) is 0 Å². The molecular weight excluding hydrogens is 114 g/mol. The summed E-state index contributed by atoms with van der Waals surface area (Å²) in [5, 5.41) is 12.2. The van der Waals surface area contributed by atoms with E-state index in [1.54, 1.807) is 0 Å². The Morgan fingerprint density at radius 2 is 2.33 bits per heavy atom. The second-order valence-electron chi connectivity index (χ2n) is 3.23. The number of nitrogens with one attached hydrogen (secondary N) is 1. The van der Waals surface area contributed by atoms with E-state index in [9.17, 15) is 0 Å². The van der Waals surface area contributed by atoms with Gasteiger partial charge in [0, 0.05) is 12.1 Å². The monoisotopic (exact) mass is 127 g/mol. The van der Waals surface area contributed by atoms with Crippen LogP contribution in [-0.2, 0) is 0 Å². The first-order valence-corrected chi connectivity index (χ1v) is 3.77. The minimum Gasteiger partial charge on any atom is -0.395 e. The maximum absolute atomic E-state index is 8.76. The van der Waals surface area contributed by atoms with Gasteiger partial charge in [0.15, 0.2) is 0 Å². The third-order valence-electron chi connectivity index (χ3n) is 2.48. The molecule has 0 aromatic carbocycles. The van der Waals surface area contributed by atoms with Gasteiger partial charge in [-0.2, -0.15) is 0 Å². The molecule has 2 fully saturated rings. The lowest BCUT2D eigenvalue weighted by atomic mass is 10.1. The number of fused-ring (bicyclic) bond motifs is 1. The molecule has 2 rings (SSSR count). The molecule has 1 aliphatic heterocycles. The zero-order valence-electron chi connectivity index (χ0n) is 5.51. The fourth-order valence-electron chi connectivity index (χ4n) is 1.72. The van der Waals surface area contributed by atoms with Gasteiger partial charge in [-0.1, -0.05) is 0 Å². The SMILES string of the molecule is OCC1CC[C@H]2C[C@H]2N1. The van der Waals surface area contributed by atoms with Gasteiger partial charge in [0.2, 0.25) is 0 Å². The van der Waals surface area contributed by atoms with E-state index in [-0.39, 0.29) is 0 Å². The number of hydrogen-bond acceptors (Lipinski definition) is 2. The maximum Gasteiger partial charge on any atom is 0.0584 e. The lowest BCUT2D eigenvalue weighted by Crippen LogP contribution is -2.38. The van der Waals surface area contributed by atoms with Crippen molar-refractivity contribution in [2.24, 2.45) is 5.92 Å². The van der Waals surface area contributed by atoms with Crippen molar-refractivity contribution in [3.8, 4) is 0 Å². The summed E-state index contributed by atoms with van der Waals surface area (Å²) in [5.74, 6) is 0.966. The van der Waals surface area contributed by atoms with Crippen molar-refractivity contribution in [2.75, 3.05) is 6.61 Å². The third-order valence-corrected chi connectivity index (χ3v) is 2.48. The van der Waals surface area contributed by atoms with Crippen LogP contribution in [0.2, 0.25) is 0 Å². The maximum atomic E-state index is 8.76. The summed E-state index contributed by atoms with van der Waals surface area (Å²) < 4.78 is 0. The van der Waals surface area contributed by atoms with Crippen LogP contribution in [0.1, 0.15) is 19.3 Å². The predicted octanol–water partition coefficient (Wildman–Crippen LogP) is 0.119. The fraction of sp³-hybridized carbons (Fsp3) is 1.00. The van der Waals surface area contributed by atoms with Crippen molar-refractivity contribution < 1.29 is 5.11 Å². The van der Waals surface area contributed by atoms with E-state index in [0.29, 0.717) is 12.6 Å². The van der Waals surface area contributed by atoms with Crippen molar-refractivity contribution in [3.63, 3.8) is 0 Å². The zero-order valence-corrected chi connectivity index (χ0v) is 5.51. The highest BCUT2D eigenvalue weighted by Gasteiger charge is 2.41. The Morgan fingerprint density at radius 3 is 3.00 bits per heavy atom. The van der Waals surface area contributed by atoms with Gasteiger partial charge < -0.3 is 10.4 Å². The van der Waals surface area contributed by atoms with E-state index in [1.807, 2.05) is 0 Å². The summed E-state index contributed by atoms with van der Waals surface area (Å²) in [7, 11) is 0. The van der Waals surface area contributed by atoms with Crippen LogP contribution in [0.15, 0.2) is 0 Å². The standard InChI is InChI=1S/C7H13NO/c9-4-6-2-1-5-3-7(5)8-6/h5-9H,1-4H2/t5-,6?,7+/m0/s1. The van der Waals surface area contributed by atoms with Crippen LogP contribution in [0.3, 0.4) is 0 Å². The fourth-order valence-corrected chi connectivity index (χ4v) is 1.72. The molecule has 1 unspecified atom stereocenters. The normalized spacial score (nSPS) is 48.3. The van der Waals surface area contributed by atoms with Crippen molar-refractivity contribution in [3.05, 3.63) is 0 Å². The molecule has 0 aromatic rings. The quantitative estimate of drug-likeness (QED) is 0.524. The Bertz CT molecular complexity index is 115. The summed E-state index contributed by atoms with van der Waals surface area (Å²) >= 11 is 0. The molecule has 2 N–H and O–H groups in total. The number of aliphatic hydroxyl groups is 1. The van der Waals surface area contributed by atoms with Crippen LogP contribution in [0, 0.1) is 5.92 Å². The predicted molar refractivity (Wildman–Crippen MR) is 35.1 cm³/mol. The molecule has 0 aromatic heterocycles. The van der Waals surface area contributed by atoms with Gasteiger partial charge >= 0.3 is 0 Å². The van der Waals surface area contributed by atoms with Crippen molar-refractivity contribution in [2.45, 2.75) is 31.3 Å². The van der Waals surface area contributed by atoms with Gasteiger partial charge in [-0.05, 0) is 25.2 Å². The topological polar surface area (TPSA) is 32.3 Å². The van der Waals surface area contributed by atoms with E-state index in [0.717, 1.165) is 12.0 Å². The molecule has 1 saturated heterocycles. The lowest BCUT2D eigenvalue weighted by Gasteiger charge is -2.20. The van der Waals surface area contributed by atoms with Crippen molar-refractivity contribution in [1.29, 1.82) is 0 Å². The lowest BCUT2D eigenvalue weighted by molar-refractivity contribution is 0.217. The van der Waals surface area contributed by atoms with Crippen LogP contribution in [0.4, 0.5) is 0 Å². The van der Waals surface area contributed by atoms with Crippen molar-refractivity contribution in [1.82, 2.24) is 5.32 Å². The zero-order chi connectivity index (χ0) is 6.27. The molecule has 1 heterocycles. The Balaban J connectivity index is 1.86. The highest BCUT2D eigenvalue weighted by atomic mass is 16.3. The van der Waals surface area contributed by atoms with Crippen LogP contribution < -0.4 is 5.32 Å². The number of piperidine rings is 1. The highest BCUT2D eigenvalue weighted by molar-refractivity contribution is 4.99. The minimum absolute atomic E-state index is 0.323. The summed E-state index contributed by atoms with van der Waals surface area (Å²) in [6, 6.07) is 1.18. The average molecular weight is 127 g/mol. The molecule has 0 spiro atoms. The Hall–Kier alpha value is -0.0800. The Morgan fingerprint density at radius 1 is 1.44 bits per heavy atom.